The number of benzene rings is 1. The van der Waals surface area contributed by atoms with Gasteiger partial charge in [0.2, 0.25) is 0 Å². The minimum absolute atomic E-state index is 0.103. The predicted octanol–water partition coefficient (Wildman–Crippen LogP) is 5.46. The van der Waals surface area contributed by atoms with E-state index in [1.165, 1.54) is 0 Å². The van der Waals surface area contributed by atoms with Gasteiger partial charge in [-0.1, -0.05) is 24.6 Å². The van der Waals surface area contributed by atoms with Gasteiger partial charge >= 0.3 is 0 Å². The predicted molar refractivity (Wildman–Crippen MR) is 87.5 cm³/mol. The molecule has 0 radical (unpaired) electrons. The average Bonchev–Trinajstić information content (AvgIpc) is 2.68. The summed E-state index contributed by atoms with van der Waals surface area (Å²) in [6.07, 6.45) is 0. The molecule has 2 nitrogen and oxygen atoms in total. The first-order valence-corrected chi connectivity index (χ1v) is 7.98. The van der Waals surface area contributed by atoms with Gasteiger partial charge in [-0.3, -0.25) is 0 Å². The maximum absolute atomic E-state index is 14.6. The maximum atomic E-state index is 14.6. The standard InChI is InChI=1S/C16H18BrClFNO/c1-5-20-16(13-8(2)9(3)21-10(13)4)11-6-7-12(17)14(18)15(11)19/h6-7,16,20H,5H2,1-4H3. The van der Waals surface area contributed by atoms with E-state index in [4.69, 9.17) is 16.0 Å². The van der Waals surface area contributed by atoms with Crippen molar-refractivity contribution in [1.29, 1.82) is 0 Å². The third-order valence-corrected chi connectivity index (χ3v) is 4.95. The van der Waals surface area contributed by atoms with E-state index in [0.717, 1.165) is 22.6 Å². The van der Waals surface area contributed by atoms with E-state index in [1.807, 2.05) is 27.7 Å². The van der Waals surface area contributed by atoms with Crippen molar-refractivity contribution in [3.05, 3.63) is 55.7 Å². The highest BCUT2D eigenvalue weighted by atomic mass is 79.9. The fourth-order valence-electron chi connectivity index (χ4n) is 2.57. The molecular weight excluding hydrogens is 357 g/mol. The van der Waals surface area contributed by atoms with E-state index < -0.39 is 5.82 Å². The Kier molecular flexibility index (Phi) is 5.12. The highest BCUT2D eigenvalue weighted by Crippen LogP contribution is 2.36. The van der Waals surface area contributed by atoms with Gasteiger partial charge in [-0.2, -0.15) is 0 Å². The highest BCUT2D eigenvalue weighted by molar-refractivity contribution is 9.10. The number of rotatable bonds is 4. The summed E-state index contributed by atoms with van der Waals surface area (Å²) in [4.78, 5) is 0. The Morgan fingerprint density at radius 3 is 2.48 bits per heavy atom. The molecule has 1 N–H and O–H groups in total. The van der Waals surface area contributed by atoms with Gasteiger partial charge in [0.05, 0.1) is 11.1 Å². The van der Waals surface area contributed by atoms with E-state index in [0.29, 0.717) is 16.6 Å². The molecule has 0 saturated carbocycles. The molecule has 0 aliphatic heterocycles. The zero-order valence-electron chi connectivity index (χ0n) is 12.5. The van der Waals surface area contributed by atoms with E-state index >= 15 is 0 Å². The number of nitrogens with one attached hydrogen (secondary N) is 1. The molecular formula is C16H18BrClFNO. The third kappa shape index (κ3) is 3.03. The lowest BCUT2D eigenvalue weighted by Gasteiger charge is -2.20. The smallest absolute Gasteiger partial charge is 0.148 e. The molecule has 0 saturated heterocycles. The second kappa shape index (κ2) is 6.51. The summed E-state index contributed by atoms with van der Waals surface area (Å²) in [5, 5.41) is 3.43. The van der Waals surface area contributed by atoms with Gasteiger partial charge in [0.25, 0.3) is 0 Å². The summed E-state index contributed by atoms with van der Waals surface area (Å²) < 4.78 is 20.8. The summed E-state index contributed by atoms with van der Waals surface area (Å²) in [5.41, 5.74) is 2.54. The normalized spacial score (nSPS) is 12.7. The van der Waals surface area contributed by atoms with Gasteiger partial charge < -0.3 is 9.73 Å². The van der Waals surface area contributed by atoms with Crippen LogP contribution >= 0.6 is 27.5 Å². The Morgan fingerprint density at radius 2 is 1.95 bits per heavy atom. The Hall–Kier alpha value is -0.840. The van der Waals surface area contributed by atoms with Gasteiger partial charge in [-0.05, 0) is 54.9 Å². The van der Waals surface area contributed by atoms with E-state index in [1.54, 1.807) is 12.1 Å². The van der Waals surface area contributed by atoms with Crippen LogP contribution in [0.1, 0.15) is 41.2 Å². The minimum Gasteiger partial charge on any atom is -0.466 e. The molecule has 1 atom stereocenters. The zero-order chi connectivity index (χ0) is 15.7. The quantitative estimate of drug-likeness (QED) is 0.719. The number of halogens is 3. The topological polar surface area (TPSA) is 25.2 Å². The van der Waals surface area contributed by atoms with Crippen LogP contribution in [0.2, 0.25) is 5.02 Å². The van der Waals surface area contributed by atoms with Gasteiger partial charge in [-0.15, -0.1) is 0 Å². The molecule has 5 heteroatoms. The van der Waals surface area contributed by atoms with Crippen molar-refractivity contribution in [3.8, 4) is 0 Å². The molecule has 2 rings (SSSR count). The van der Waals surface area contributed by atoms with Gasteiger partial charge in [0, 0.05) is 15.6 Å². The molecule has 21 heavy (non-hydrogen) atoms. The Labute approximate surface area is 137 Å². The van der Waals surface area contributed by atoms with Crippen molar-refractivity contribution in [2.45, 2.75) is 33.7 Å². The lowest BCUT2D eigenvalue weighted by molar-refractivity contribution is 0.491. The van der Waals surface area contributed by atoms with Crippen molar-refractivity contribution in [2.75, 3.05) is 6.54 Å². The van der Waals surface area contributed by atoms with Crippen molar-refractivity contribution in [2.24, 2.45) is 0 Å². The molecule has 1 aromatic heterocycles. The molecule has 0 amide bonds. The SMILES string of the molecule is CCNC(c1ccc(Br)c(Cl)c1F)c1c(C)oc(C)c1C. The Morgan fingerprint density at radius 1 is 1.29 bits per heavy atom. The number of hydrogen-bond donors (Lipinski definition) is 1. The van der Waals surface area contributed by atoms with Crippen LogP contribution in [0.15, 0.2) is 21.0 Å². The van der Waals surface area contributed by atoms with Crippen LogP contribution in [0.3, 0.4) is 0 Å². The van der Waals surface area contributed by atoms with E-state index in [-0.39, 0.29) is 11.1 Å². The van der Waals surface area contributed by atoms with Crippen LogP contribution in [-0.2, 0) is 0 Å². The Bertz CT molecular complexity index is 669. The van der Waals surface area contributed by atoms with Crippen LogP contribution < -0.4 is 5.32 Å². The molecule has 2 aromatic rings. The van der Waals surface area contributed by atoms with Crippen molar-refractivity contribution >= 4 is 27.5 Å². The zero-order valence-corrected chi connectivity index (χ0v) is 14.8. The summed E-state index contributed by atoms with van der Waals surface area (Å²) in [5.74, 6) is 1.25. The highest BCUT2D eigenvalue weighted by Gasteiger charge is 2.25. The summed E-state index contributed by atoms with van der Waals surface area (Å²) in [7, 11) is 0. The molecule has 1 unspecified atom stereocenters. The number of aryl methyl sites for hydroxylation is 2. The van der Waals surface area contributed by atoms with E-state index in [2.05, 4.69) is 21.2 Å². The number of hydrogen-bond acceptors (Lipinski definition) is 2. The van der Waals surface area contributed by atoms with Crippen LogP contribution in [-0.4, -0.2) is 6.54 Å². The lowest BCUT2D eigenvalue weighted by Crippen LogP contribution is -2.24. The van der Waals surface area contributed by atoms with Gasteiger partial charge in [-0.25, -0.2) is 4.39 Å². The second-order valence-corrected chi connectivity index (χ2v) is 6.24. The van der Waals surface area contributed by atoms with Crippen molar-refractivity contribution < 1.29 is 8.81 Å². The molecule has 114 valence electrons. The monoisotopic (exact) mass is 373 g/mol. The second-order valence-electron chi connectivity index (χ2n) is 5.01. The summed E-state index contributed by atoms with van der Waals surface area (Å²) in [6.45, 7) is 8.51. The van der Waals surface area contributed by atoms with Crippen molar-refractivity contribution in [3.63, 3.8) is 0 Å². The molecule has 0 bridgehead atoms. The molecule has 1 heterocycles. The largest absolute Gasteiger partial charge is 0.466 e. The Balaban J connectivity index is 2.62. The van der Waals surface area contributed by atoms with Crippen molar-refractivity contribution in [1.82, 2.24) is 5.32 Å². The van der Waals surface area contributed by atoms with E-state index in [9.17, 15) is 4.39 Å². The van der Waals surface area contributed by atoms with Crippen LogP contribution in [0, 0.1) is 26.6 Å². The fraction of sp³-hybridized carbons (Fsp3) is 0.375. The first-order chi connectivity index (χ1) is 9.88. The molecule has 0 fully saturated rings. The average molecular weight is 375 g/mol. The molecule has 1 aromatic carbocycles. The maximum Gasteiger partial charge on any atom is 0.148 e. The van der Waals surface area contributed by atoms with Crippen LogP contribution in [0.25, 0.3) is 0 Å². The van der Waals surface area contributed by atoms with Crippen LogP contribution in [0.4, 0.5) is 4.39 Å². The molecule has 0 spiro atoms. The minimum atomic E-state index is -0.408. The molecule has 0 aliphatic carbocycles. The first kappa shape index (κ1) is 16.5. The van der Waals surface area contributed by atoms with Gasteiger partial charge in [0.1, 0.15) is 17.3 Å². The summed E-state index contributed by atoms with van der Waals surface area (Å²) in [6, 6.07) is 3.24. The fourth-order valence-corrected chi connectivity index (χ4v) is 3.05. The molecule has 0 aliphatic rings. The lowest BCUT2D eigenvalue weighted by atomic mass is 9.95. The first-order valence-electron chi connectivity index (χ1n) is 6.81. The number of furan rings is 1. The summed E-state index contributed by atoms with van der Waals surface area (Å²) >= 11 is 9.27. The third-order valence-electron chi connectivity index (χ3n) is 3.69. The van der Waals surface area contributed by atoms with Gasteiger partial charge in [0.15, 0.2) is 0 Å². The van der Waals surface area contributed by atoms with Crippen LogP contribution in [0.5, 0.6) is 0 Å².